The Hall–Kier alpha value is -2.35. The third kappa shape index (κ3) is 3.15. The molecular weight excluding hydrogens is 328 g/mol. The van der Waals surface area contributed by atoms with E-state index in [1.54, 1.807) is 19.2 Å². The molecule has 1 N–H and O–H groups in total. The van der Waals surface area contributed by atoms with Crippen LogP contribution in [0.5, 0.6) is 0 Å². The van der Waals surface area contributed by atoms with Crippen molar-refractivity contribution in [3.63, 3.8) is 0 Å². The molecule has 0 spiro atoms. The molecule has 0 atom stereocenters. The number of aryl methyl sites for hydroxylation is 1. The highest BCUT2D eigenvalue weighted by atomic mass is 79.9. The van der Waals surface area contributed by atoms with Crippen molar-refractivity contribution in [1.82, 2.24) is 9.97 Å². The van der Waals surface area contributed by atoms with Gasteiger partial charge in [-0.3, -0.25) is 19.9 Å². The van der Waals surface area contributed by atoms with Crippen LogP contribution in [0.3, 0.4) is 0 Å². The number of aromatic nitrogens is 2. The molecule has 0 bridgehead atoms. The van der Waals surface area contributed by atoms with Crippen LogP contribution in [-0.2, 0) is 0 Å². The number of nitrogens with zero attached hydrogens (tertiary/aromatic N) is 3. The highest BCUT2D eigenvalue weighted by Gasteiger charge is 2.13. The zero-order chi connectivity index (χ0) is 14.7. The Labute approximate surface area is 122 Å². The largest absolute Gasteiger partial charge is 0.307 e. The van der Waals surface area contributed by atoms with Crippen LogP contribution in [0.25, 0.3) is 0 Å². The minimum Gasteiger partial charge on any atom is -0.307 e. The summed E-state index contributed by atoms with van der Waals surface area (Å²) in [5.41, 5.74) is 0.692. The van der Waals surface area contributed by atoms with Gasteiger partial charge >= 0.3 is 0 Å². The maximum Gasteiger partial charge on any atom is 0.290 e. The van der Waals surface area contributed by atoms with Gasteiger partial charge < -0.3 is 5.32 Å². The van der Waals surface area contributed by atoms with Crippen molar-refractivity contribution in [1.29, 1.82) is 0 Å². The number of nitrogens with one attached hydrogen (secondary N) is 1. The monoisotopic (exact) mass is 336 g/mol. The van der Waals surface area contributed by atoms with E-state index in [1.165, 1.54) is 12.3 Å². The fourth-order valence-corrected chi connectivity index (χ4v) is 1.90. The van der Waals surface area contributed by atoms with E-state index >= 15 is 0 Å². The highest BCUT2D eigenvalue weighted by molar-refractivity contribution is 9.10. The van der Waals surface area contributed by atoms with Gasteiger partial charge in [0.15, 0.2) is 0 Å². The summed E-state index contributed by atoms with van der Waals surface area (Å²) in [5, 5.41) is 13.2. The summed E-state index contributed by atoms with van der Waals surface area (Å²) in [6.07, 6.45) is 4.09. The second kappa shape index (κ2) is 5.74. The van der Waals surface area contributed by atoms with Crippen LogP contribution in [0.15, 0.2) is 35.2 Å². The van der Waals surface area contributed by atoms with Crippen LogP contribution < -0.4 is 5.32 Å². The van der Waals surface area contributed by atoms with Crippen LogP contribution in [-0.4, -0.2) is 20.8 Å². The Morgan fingerprint density at radius 3 is 2.70 bits per heavy atom. The number of anilines is 1. The number of carbonyl (C=O) groups excluding carboxylic acids is 1. The lowest BCUT2D eigenvalue weighted by molar-refractivity contribution is -0.385. The maximum atomic E-state index is 12.0. The Morgan fingerprint density at radius 2 is 2.10 bits per heavy atom. The van der Waals surface area contributed by atoms with E-state index in [1.807, 2.05) is 0 Å². The van der Waals surface area contributed by atoms with Gasteiger partial charge in [-0.15, -0.1) is 0 Å². The molecule has 0 aliphatic heterocycles. The summed E-state index contributed by atoms with van der Waals surface area (Å²) in [7, 11) is 0. The zero-order valence-electron chi connectivity index (χ0n) is 10.3. The van der Waals surface area contributed by atoms with E-state index < -0.39 is 4.92 Å². The van der Waals surface area contributed by atoms with Crippen molar-refractivity contribution in [2.75, 3.05) is 5.32 Å². The van der Waals surface area contributed by atoms with Crippen LogP contribution in [0.4, 0.5) is 11.5 Å². The lowest BCUT2D eigenvalue weighted by Crippen LogP contribution is -2.13. The first-order valence-corrected chi connectivity index (χ1v) is 6.29. The summed E-state index contributed by atoms with van der Waals surface area (Å²) < 4.78 is 0.679. The normalized spacial score (nSPS) is 10.1. The van der Waals surface area contributed by atoms with Crippen molar-refractivity contribution in [3.8, 4) is 0 Å². The topological polar surface area (TPSA) is 98.0 Å². The standard InChI is InChI=1S/C12H9BrN4O3/c1-7-2-11(15-6-10(7)17(19)20)16-12(18)8-3-9(13)5-14-4-8/h2-6H,1H3,(H,15,16,18). The molecule has 0 saturated heterocycles. The summed E-state index contributed by atoms with van der Waals surface area (Å²) in [6.45, 7) is 1.58. The van der Waals surface area contributed by atoms with E-state index in [0.29, 0.717) is 15.6 Å². The van der Waals surface area contributed by atoms with Gasteiger partial charge in [0.25, 0.3) is 11.6 Å². The van der Waals surface area contributed by atoms with Gasteiger partial charge in [-0.25, -0.2) is 4.98 Å². The fourth-order valence-electron chi connectivity index (χ4n) is 1.53. The predicted octanol–water partition coefficient (Wildman–Crippen LogP) is 2.71. The van der Waals surface area contributed by atoms with Crippen LogP contribution in [0.1, 0.15) is 15.9 Å². The fraction of sp³-hybridized carbons (Fsp3) is 0.0833. The first kappa shape index (κ1) is 14.1. The third-order valence-corrected chi connectivity index (χ3v) is 2.92. The smallest absolute Gasteiger partial charge is 0.290 e. The quantitative estimate of drug-likeness (QED) is 0.686. The summed E-state index contributed by atoms with van der Waals surface area (Å²) >= 11 is 3.22. The third-order valence-electron chi connectivity index (χ3n) is 2.49. The first-order chi connectivity index (χ1) is 9.47. The number of hydrogen-bond acceptors (Lipinski definition) is 5. The lowest BCUT2D eigenvalue weighted by atomic mass is 10.2. The number of amides is 1. The molecule has 7 nitrogen and oxygen atoms in total. The molecular formula is C12H9BrN4O3. The van der Waals surface area contributed by atoms with Gasteiger partial charge in [0.05, 0.1) is 10.5 Å². The molecule has 0 aliphatic rings. The van der Waals surface area contributed by atoms with Crippen molar-refractivity contribution in [2.45, 2.75) is 6.92 Å². The van der Waals surface area contributed by atoms with Gasteiger partial charge in [-0.05, 0) is 35.0 Å². The Kier molecular flexibility index (Phi) is 4.04. The molecule has 0 unspecified atom stereocenters. The van der Waals surface area contributed by atoms with Gasteiger partial charge in [-0.1, -0.05) is 0 Å². The van der Waals surface area contributed by atoms with E-state index in [0.717, 1.165) is 6.20 Å². The number of halogens is 1. The van der Waals surface area contributed by atoms with Crippen LogP contribution in [0, 0.1) is 17.0 Å². The summed E-state index contributed by atoms with van der Waals surface area (Å²) in [4.78, 5) is 29.8. The van der Waals surface area contributed by atoms with E-state index in [2.05, 4.69) is 31.2 Å². The SMILES string of the molecule is Cc1cc(NC(=O)c2cncc(Br)c2)ncc1[N+](=O)[O-]. The molecule has 102 valence electrons. The van der Waals surface area contributed by atoms with E-state index in [9.17, 15) is 14.9 Å². The zero-order valence-corrected chi connectivity index (χ0v) is 11.9. The first-order valence-electron chi connectivity index (χ1n) is 5.50. The molecule has 0 radical (unpaired) electrons. The van der Waals surface area contributed by atoms with Crippen molar-refractivity contribution in [2.24, 2.45) is 0 Å². The molecule has 0 aliphatic carbocycles. The average Bonchev–Trinajstić information content (AvgIpc) is 2.38. The Bertz CT molecular complexity index is 690. The summed E-state index contributed by atoms with van der Waals surface area (Å²) in [5.74, 6) is -0.141. The minimum atomic E-state index is -0.522. The van der Waals surface area contributed by atoms with Crippen molar-refractivity contribution in [3.05, 3.63) is 56.4 Å². The molecule has 8 heteroatoms. The van der Waals surface area contributed by atoms with E-state index in [4.69, 9.17) is 0 Å². The lowest BCUT2D eigenvalue weighted by Gasteiger charge is -2.05. The van der Waals surface area contributed by atoms with Gasteiger partial charge in [-0.2, -0.15) is 0 Å². The Balaban J connectivity index is 2.20. The van der Waals surface area contributed by atoms with Crippen molar-refractivity contribution < 1.29 is 9.72 Å². The molecule has 0 saturated carbocycles. The van der Waals surface area contributed by atoms with E-state index in [-0.39, 0.29) is 17.4 Å². The molecule has 0 fully saturated rings. The second-order valence-corrected chi connectivity index (χ2v) is 4.87. The Morgan fingerprint density at radius 1 is 1.35 bits per heavy atom. The van der Waals surface area contributed by atoms with Gasteiger partial charge in [0.1, 0.15) is 12.0 Å². The molecule has 2 aromatic rings. The number of pyridine rings is 2. The van der Waals surface area contributed by atoms with Gasteiger partial charge in [0, 0.05) is 22.4 Å². The molecule has 1 amide bonds. The molecule has 2 rings (SSSR count). The average molecular weight is 337 g/mol. The maximum absolute atomic E-state index is 12.0. The highest BCUT2D eigenvalue weighted by Crippen LogP contribution is 2.19. The van der Waals surface area contributed by atoms with Crippen LogP contribution >= 0.6 is 15.9 Å². The minimum absolute atomic E-state index is 0.0906. The summed E-state index contributed by atoms with van der Waals surface area (Å²) in [6, 6.07) is 3.06. The van der Waals surface area contributed by atoms with Gasteiger partial charge in [0.2, 0.25) is 0 Å². The number of nitro groups is 1. The number of carbonyl (C=O) groups is 1. The molecule has 2 heterocycles. The number of hydrogen-bond donors (Lipinski definition) is 1. The van der Waals surface area contributed by atoms with Crippen molar-refractivity contribution >= 4 is 33.3 Å². The number of rotatable bonds is 3. The molecule has 0 aromatic carbocycles. The molecule has 20 heavy (non-hydrogen) atoms. The predicted molar refractivity (Wildman–Crippen MR) is 75.5 cm³/mol. The molecule has 2 aromatic heterocycles. The van der Waals surface area contributed by atoms with Crippen LogP contribution in [0.2, 0.25) is 0 Å². The second-order valence-electron chi connectivity index (χ2n) is 3.96.